The van der Waals surface area contributed by atoms with Crippen LogP contribution in [-0.4, -0.2) is 16.8 Å². The Morgan fingerprint density at radius 2 is 1.69 bits per heavy atom. The van der Waals surface area contributed by atoms with Crippen LogP contribution in [0, 0.1) is 0 Å². The third kappa shape index (κ3) is 6.44. The van der Waals surface area contributed by atoms with Crippen molar-refractivity contribution in [3.05, 3.63) is 89.4 Å². The number of rotatable bonds is 8. The van der Waals surface area contributed by atoms with Crippen LogP contribution in [0.5, 0.6) is 5.75 Å². The minimum absolute atomic E-state index is 0.366. The van der Waals surface area contributed by atoms with E-state index in [0.717, 1.165) is 16.1 Å². The van der Waals surface area contributed by atoms with Crippen LogP contribution in [0.4, 0.5) is 10.5 Å². The van der Waals surface area contributed by atoms with E-state index in [1.807, 2.05) is 42.5 Å². The molecule has 3 rings (SSSR count). The summed E-state index contributed by atoms with van der Waals surface area (Å²) in [6, 6.07) is 23.5. The predicted molar refractivity (Wildman–Crippen MR) is 115 cm³/mol. The molecule has 29 heavy (non-hydrogen) atoms. The summed E-state index contributed by atoms with van der Waals surface area (Å²) in [6.07, 6.45) is 0.0582. The van der Waals surface area contributed by atoms with Gasteiger partial charge in [-0.1, -0.05) is 41.9 Å². The zero-order chi connectivity index (χ0) is 20.5. The lowest BCUT2D eigenvalue weighted by Gasteiger charge is -2.21. The van der Waals surface area contributed by atoms with E-state index in [9.17, 15) is 9.59 Å². The van der Waals surface area contributed by atoms with Crippen LogP contribution in [-0.2, 0) is 11.3 Å². The molecule has 0 saturated heterocycles. The van der Waals surface area contributed by atoms with Crippen molar-refractivity contribution in [2.45, 2.75) is 11.4 Å². The highest BCUT2D eigenvalue weighted by Crippen LogP contribution is 2.27. The Hall–Kier alpha value is -3.16. The number of nitrogens with one attached hydrogen (secondary N) is 2. The average Bonchev–Trinajstić information content (AvgIpc) is 2.75. The maximum Gasteiger partial charge on any atom is 0.425 e. The number of ether oxygens (including phenoxy) is 1. The molecule has 0 spiro atoms. The molecule has 0 aromatic heterocycles. The molecule has 2 N–H and O–H groups in total. The van der Waals surface area contributed by atoms with E-state index in [2.05, 4.69) is 10.9 Å². The maximum atomic E-state index is 12.8. The van der Waals surface area contributed by atoms with Crippen LogP contribution >= 0.6 is 23.5 Å². The van der Waals surface area contributed by atoms with Gasteiger partial charge in [0.1, 0.15) is 5.75 Å². The van der Waals surface area contributed by atoms with Crippen molar-refractivity contribution in [1.29, 1.82) is 0 Å². The van der Waals surface area contributed by atoms with E-state index in [4.69, 9.17) is 16.3 Å². The van der Waals surface area contributed by atoms with Gasteiger partial charge in [0, 0.05) is 9.92 Å². The summed E-state index contributed by atoms with van der Waals surface area (Å²) in [6.45, 7) is 0.366. The molecule has 3 aromatic carbocycles. The minimum atomic E-state index is -0.494. The zero-order valence-electron chi connectivity index (χ0n) is 15.2. The van der Waals surface area contributed by atoms with Crippen LogP contribution in [0.15, 0.2) is 83.8 Å². The lowest BCUT2D eigenvalue weighted by Crippen LogP contribution is -2.27. The number of benzene rings is 3. The number of hydrazine groups is 1. The lowest BCUT2D eigenvalue weighted by molar-refractivity contribution is -0.109. The smallest absolute Gasteiger partial charge is 0.410 e. The Morgan fingerprint density at radius 1 is 1.00 bits per heavy atom. The SMILES string of the molecule is O=CNNc1ccc(SN(Cc2ccccc2)C(=O)Oc2ccc(Cl)cc2)cc1. The molecular weight excluding hydrogens is 410 g/mol. The topological polar surface area (TPSA) is 70.7 Å². The number of hydrogen-bond acceptors (Lipinski definition) is 5. The lowest BCUT2D eigenvalue weighted by atomic mass is 10.2. The largest absolute Gasteiger partial charge is 0.425 e. The van der Waals surface area contributed by atoms with Crippen LogP contribution in [0.1, 0.15) is 5.56 Å². The highest BCUT2D eigenvalue weighted by Gasteiger charge is 2.18. The molecule has 0 saturated carbocycles. The van der Waals surface area contributed by atoms with Crippen molar-refractivity contribution < 1.29 is 14.3 Å². The fraction of sp³-hybridized carbons (Fsp3) is 0.0476. The Labute approximate surface area is 177 Å². The average molecular weight is 428 g/mol. The van der Waals surface area contributed by atoms with Crippen LogP contribution < -0.4 is 15.6 Å². The molecule has 0 fully saturated rings. The fourth-order valence-corrected chi connectivity index (χ4v) is 3.34. The van der Waals surface area contributed by atoms with Gasteiger partial charge in [0.2, 0.25) is 6.41 Å². The van der Waals surface area contributed by atoms with E-state index < -0.39 is 6.09 Å². The molecule has 0 bridgehead atoms. The van der Waals surface area contributed by atoms with Crippen molar-refractivity contribution in [3.8, 4) is 5.75 Å². The predicted octanol–water partition coefficient (Wildman–Crippen LogP) is 5.12. The number of hydrogen-bond donors (Lipinski definition) is 2. The van der Waals surface area contributed by atoms with E-state index in [0.29, 0.717) is 23.7 Å². The van der Waals surface area contributed by atoms with E-state index in [1.54, 1.807) is 36.4 Å². The molecule has 8 heteroatoms. The van der Waals surface area contributed by atoms with Gasteiger partial charge in [-0.3, -0.25) is 15.6 Å². The summed E-state index contributed by atoms with van der Waals surface area (Å²) in [7, 11) is 0. The summed E-state index contributed by atoms with van der Waals surface area (Å²) in [4.78, 5) is 24.0. The monoisotopic (exact) mass is 427 g/mol. The summed E-state index contributed by atoms with van der Waals surface area (Å²) >= 11 is 7.15. The molecule has 148 valence electrons. The molecule has 0 aliphatic carbocycles. The van der Waals surface area contributed by atoms with Crippen molar-refractivity contribution in [1.82, 2.24) is 9.73 Å². The first kappa shape index (κ1) is 20.6. The Bertz CT molecular complexity index is 938. The first-order valence-electron chi connectivity index (χ1n) is 8.66. The molecule has 3 aromatic rings. The summed E-state index contributed by atoms with van der Waals surface area (Å²) in [5.74, 6) is 0.414. The van der Waals surface area contributed by atoms with Gasteiger partial charge >= 0.3 is 6.09 Å². The number of nitrogens with zero attached hydrogens (tertiary/aromatic N) is 1. The van der Waals surface area contributed by atoms with Crippen molar-refractivity contribution in [3.63, 3.8) is 0 Å². The molecule has 0 aliphatic rings. The zero-order valence-corrected chi connectivity index (χ0v) is 16.8. The van der Waals surface area contributed by atoms with E-state index >= 15 is 0 Å². The van der Waals surface area contributed by atoms with Gasteiger partial charge in [-0.2, -0.15) is 0 Å². The van der Waals surface area contributed by atoms with Crippen molar-refractivity contribution in [2.75, 3.05) is 5.43 Å². The molecule has 0 aliphatic heterocycles. The highest BCUT2D eigenvalue weighted by molar-refractivity contribution is 7.97. The van der Waals surface area contributed by atoms with Crippen LogP contribution in [0.25, 0.3) is 0 Å². The molecular formula is C21H18ClN3O3S. The summed E-state index contributed by atoms with van der Waals surface area (Å²) in [5, 5.41) is 0.568. The van der Waals surface area contributed by atoms with Gasteiger partial charge in [-0.15, -0.1) is 0 Å². The Balaban J connectivity index is 1.74. The highest BCUT2D eigenvalue weighted by atomic mass is 35.5. The van der Waals surface area contributed by atoms with Gasteiger partial charge in [-0.05, 0) is 66.0 Å². The number of anilines is 1. The minimum Gasteiger partial charge on any atom is -0.410 e. The molecule has 0 radical (unpaired) electrons. The first-order chi connectivity index (χ1) is 14.1. The maximum absolute atomic E-state index is 12.8. The fourth-order valence-electron chi connectivity index (χ4n) is 2.38. The van der Waals surface area contributed by atoms with Gasteiger partial charge in [0.15, 0.2) is 0 Å². The van der Waals surface area contributed by atoms with Crippen molar-refractivity contribution in [2.24, 2.45) is 0 Å². The van der Waals surface area contributed by atoms with Gasteiger partial charge in [0.05, 0.1) is 12.2 Å². The first-order valence-corrected chi connectivity index (χ1v) is 9.81. The summed E-state index contributed by atoms with van der Waals surface area (Å²) in [5.41, 5.74) is 6.80. The number of halogens is 1. The molecule has 0 unspecified atom stereocenters. The van der Waals surface area contributed by atoms with Crippen molar-refractivity contribution >= 4 is 41.7 Å². The van der Waals surface area contributed by atoms with Crippen LogP contribution in [0.3, 0.4) is 0 Å². The third-order valence-electron chi connectivity index (χ3n) is 3.74. The second-order valence-corrected chi connectivity index (χ2v) is 7.38. The second-order valence-electron chi connectivity index (χ2n) is 5.85. The third-order valence-corrected chi connectivity index (χ3v) is 4.97. The second kappa shape index (κ2) is 10.4. The Morgan fingerprint density at radius 3 is 2.34 bits per heavy atom. The van der Waals surface area contributed by atoms with Gasteiger partial charge < -0.3 is 4.74 Å². The van der Waals surface area contributed by atoms with Gasteiger partial charge in [0.25, 0.3) is 0 Å². The van der Waals surface area contributed by atoms with E-state index in [1.165, 1.54) is 16.3 Å². The Kier molecular flexibility index (Phi) is 7.38. The van der Waals surface area contributed by atoms with E-state index in [-0.39, 0.29) is 0 Å². The summed E-state index contributed by atoms with van der Waals surface area (Å²) < 4.78 is 7.04. The normalized spacial score (nSPS) is 10.1. The number of amides is 2. The standard InChI is InChI=1S/C21H18ClN3O3S/c22-17-6-10-19(11-7-17)28-21(27)25(14-16-4-2-1-3-5-16)29-20-12-8-18(9-13-20)24-23-15-26/h1-13,15,24H,14H2,(H,23,26). The number of carbonyl (C=O) groups excluding carboxylic acids is 2. The van der Waals surface area contributed by atoms with Gasteiger partial charge in [-0.25, -0.2) is 9.10 Å². The number of carbonyl (C=O) groups is 2. The molecule has 2 amide bonds. The van der Waals surface area contributed by atoms with Crippen LogP contribution in [0.2, 0.25) is 5.02 Å². The molecule has 0 heterocycles. The molecule has 6 nitrogen and oxygen atoms in total. The quantitative estimate of drug-likeness (QED) is 0.296. The molecule has 0 atom stereocenters.